The summed E-state index contributed by atoms with van der Waals surface area (Å²) in [4.78, 5) is 15.8. The summed E-state index contributed by atoms with van der Waals surface area (Å²) in [6.45, 7) is 0. The summed E-state index contributed by atoms with van der Waals surface area (Å²) < 4.78 is 1.54. The van der Waals surface area contributed by atoms with Crippen LogP contribution in [0.25, 0.3) is 0 Å². The fourth-order valence-electron chi connectivity index (χ4n) is 1.22. The molecule has 0 saturated carbocycles. The van der Waals surface area contributed by atoms with Crippen LogP contribution in [-0.2, 0) is 7.05 Å². The molecule has 0 aromatic carbocycles. The van der Waals surface area contributed by atoms with Crippen molar-refractivity contribution in [1.82, 2.24) is 14.8 Å². The largest absolute Gasteiger partial charge is 0.285 e. The lowest BCUT2D eigenvalue weighted by molar-refractivity contribution is 0.102. The van der Waals surface area contributed by atoms with E-state index in [1.807, 2.05) is 0 Å². The molecule has 0 N–H and O–H groups in total. The molecule has 70 valence electrons. The van der Waals surface area contributed by atoms with Crippen molar-refractivity contribution in [3.05, 3.63) is 48.0 Å². The van der Waals surface area contributed by atoms with Gasteiger partial charge in [-0.3, -0.25) is 14.5 Å². The smallest absolute Gasteiger partial charge is 0.229 e. The van der Waals surface area contributed by atoms with E-state index < -0.39 is 0 Å². The monoisotopic (exact) mass is 187 g/mol. The molecular formula is C10H9N3O. The standard InChI is InChI=1S/C10H9N3O/c1-13-9(5-7-12-13)10(14)8-4-2-3-6-11-8/h2-7H,1H3. The van der Waals surface area contributed by atoms with Crippen LogP contribution in [0.2, 0.25) is 0 Å². The highest BCUT2D eigenvalue weighted by Crippen LogP contribution is 2.05. The minimum atomic E-state index is -0.106. The molecule has 14 heavy (non-hydrogen) atoms. The zero-order valence-corrected chi connectivity index (χ0v) is 7.71. The number of rotatable bonds is 2. The van der Waals surface area contributed by atoms with Gasteiger partial charge in [0, 0.05) is 19.4 Å². The first-order valence-corrected chi connectivity index (χ1v) is 4.23. The van der Waals surface area contributed by atoms with E-state index in [0.717, 1.165) is 0 Å². The van der Waals surface area contributed by atoms with Gasteiger partial charge in [0.05, 0.1) is 0 Å². The van der Waals surface area contributed by atoms with E-state index in [0.29, 0.717) is 11.4 Å². The third-order valence-electron chi connectivity index (χ3n) is 1.95. The number of ketones is 1. The highest BCUT2D eigenvalue weighted by molar-refractivity contribution is 6.06. The minimum absolute atomic E-state index is 0.106. The van der Waals surface area contributed by atoms with Crippen LogP contribution in [0.5, 0.6) is 0 Å². The lowest BCUT2D eigenvalue weighted by atomic mass is 10.2. The van der Waals surface area contributed by atoms with E-state index in [1.54, 1.807) is 43.7 Å². The summed E-state index contributed by atoms with van der Waals surface area (Å²) in [5, 5.41) is 3.93. The van der Waals surface area contributed by atoms with Gasteiger partial charge in [-0.1, -0.05) is 6.07 Å². The summed E-state index contributed by atoms with van der Waals surface area (Å²) in [5.74, 6) is -0.106. The second kappa shape index (κ2) is 3.41. The maximum Gasteiger partial charge on any atom is 0.229 e. The number of carbonyl (C=O) groups is 1. The summed E-state index contributed by atoms with van der Waals surface area (Å²) in [6, 6.07) is 6.93. The fraction of sp³-hybridized carbons (Fsp3) is 0.100. The molecule has 0 radical (unpaired) electrons. The molecule has 2 rings (SSSR count). The van der Waals surface area contributed by atoms with Gasteiger partial charge < -0.3 is 0 Å². The molecule has 0 spiro atoms. The molecule has 0 unspecified atom stereocenters. The molecule has 0 fully saturated rings. The summed E-state index contributed by atoms with van der Waals surface area (Å²) >= 11 is 0. The molecule has 2 aromatic heterocycles. The third kappa shape index (κ3) is 1.42. The van der Waals surface area contributed by atoms with Gasteiger partial charge in [0.15, 0.2) is 0 Å². The number of aromatic nitrogens is 3. The van der Waals surface area contributed by atoms with Gasteiger partial charge in [0.1, 0.15) is 11.4 Å². The van der Waals surface area contributed by atoms with Crippen molar-refractivity contribution in [1.29, 1.82) is 0 Å². The number of aryl methyl sites for hydroxylation is 1. The van der Waals surface area contributed by atoms with Crippen molar-refractivity contribution in [2.45, 2.75) is 0 Å². The molecule has 4 nitrogen and oxygen atoms in total. The molecule has 2 heterocycles. The Bertz CT molecular complexity index is 447. The first-order chi connectivity index (χ1) is 6.79. The van der Waals surface area contributed by atoms with E-state index in [4.69, 9.17) is 0 Å². The second-order valence-corrected chi connectivity index (χ2v) is 2.88. The normalized spacial score (nSPS) is 10.1. The maximum atomic E-state index is 11.8. The van der Waals surface area contributed by atoms with Gasteiger partial charge in [-0.05, 0) is 18.2 Å². The molecule has 2 aromatic rings. The predicted molar refractivity (Wildman–Crippen MR) is 50.9 cm³/mol. The Balaban J connectivity index is 2.39. The maximum absolute atomic E-state index is 11.8. The van der Waals surface area contributed by atoms with E-state index in [2.05, 4.69) is 10.1 Å². The van der Waals surface area contributed by atoms with Crippen LogP contribution in [0, 0.1) is 0 Å². The number of pyridine rings is 1. The van der Waals surface area contributed by atoms with Gasteiger partial charge >= 0.3 is 0 Å². The average Bonchev–Trinajstić information content (AvgIpc) is 2.65. The number of hydrogen-bond donors (Lipinski definition) is 0. The van der Waals surface area contributed by atoms with E-state index in [9.17, 15) is 4.79 Å². The molecular weight excluding hydrogens is 178 g/mol. The summed E-state index contributed by atoms with van der Waals surface area (Å²) in [6.07, 6.45) is 3.19. The Labute approximate surface area is 81.2 Å². The van der Waals surface area contributed by atoms with Crippen molar-refractivity contribution < 1.29 is 4.79 Å². The quantitative estimate of drug-likeness (QED) is 0.660. The topological polar surface area (TPSA) is 47.8 Å². The Hall–Kier alpha value is -1.97. The molecule has 0 atom stereocenters. The number of carbonyl (C=O) groups excluding carboxylic acids is 1. The van der Waals surface area contributed by atoms with Crippen molar-refractivity contribution >= 4 is 5.78 Å². The zero-order valence-electron chi connectivity index (χ0n) is 7.71. The molecule has 0 aliphatic rings. The van der Waals surface area contributed by atoms with Gasteiger partial charge in [0.25, 0.3) is 0 Å². The predicted octanol–water partition coefficient (Wildman–Crippen LogP) is 1.05. The van der Waals surface area contributed by atoms with Crippen LogP contribution in [0.1, 0.15) is 16.2 Å². The van der Waals surface area contributed by atoms with Crippen molar-refractivity contribution in [2.24, 2.45) is 7.05 Å². The Kier molecular flexibility index (Phi) is 2.10. The van der Waals surface area contributed by atoms with Gasteiger partial charge in [-0.25, -0.2) is 0 Å². The summed E-state index contributed by atoms with van der Waals surface area (Å²) in [5.41, 5.74) is 0.986. The van der Waals surface area contributed by atoms with Crippen LogP contribution in [-0.4, -0.2) is 20.5 Å². The van der Waals surface area contributed by atoms with Crippen LogP contribution >= 0.6 is 0 Å². The molecule has 0 saturated heterocycles. The average molecular weight is 187 g/mol. The van der Waals surface area contributed by atoms with Crippen LogP contribution in [0.3, 0.4) is 0 Å². The molecule has 0 amide bonds. The highest BCUT2D eigenvalue weighted by Gasteiger charge is 2.12. The van der Waals surface area contributed by atoms with Crippen LogP contribution < -0.4 is 0 Å². The molecule has 0 bridgehead atoms. The van der Waals surface area contributed by atoms with E-state index in [1.165, 1.54) is 4.68 Å². The fourth-order valence-corrected chi connectivity index (χ4v) is 1.22. The number of hydrogen-bond acceptors (Lipinski definition) is 3. The van der Waals surface area contributed by atoms with E-state index >= 15 is 0 Å². The van der Waals surface area contributed by atoms with E-state index in [-0.39, 0.29) is 5.78 Å². The first kappa shape index (κ1) is 8.62. The first-order valence-electron chi connectivity index (χ1n) is 4.23. The lowest BCUT2D eigenvalue weighted by Crippen LogP contribution is -2.09. The van der Waals surface area contributed by atoms with Crippen LogP contribution in [0.4, 0.5) is 0 Å². The van der Waals surface area contributed by atoms with Gasteiger partial charge in [-0.15, -0.1) is 0 Å². The third-order valence-corrected chi connectivity index (χ3v) is 1.95. The Morgan fingerprint density at radius 2 is 2.14 bits per heavy atom. The van der Waals surface area contributed by atoms with Crippen molar-refractivity contribution in [3.63, 3.8) is 0 Å². The molecule has 0 aliphatic heterocycles. The summed E-state index contributed by atoms with van der Waals surface area (Å²) in [7, 11) is 1.73. The Morgan fingerprint density at radius 3 is 2.71 bits per heavy atom. The van der Waals surface area contributed by atoms with Crippen LogP contribution in [0.15, 0.2) is 36.7 Å². The van der Waals surface area contributed by atoms with Gasteiger partial charge in [-0.2, -0.15) is 5.10 Å². The Morgan fingerprint density at radius 1 is 1.29 bits per heavy atom. The lowest BCUT2D eigenvalue weighted by Gasteiger charge is -1.99. The zero-order chi connectivity index (χ0) is 9.97. The highest BCUT2D eigenvalue weighted by atomic mass is 16.1. The molecule has 4 heteroatoms. The van der Waals surface area contributed by atoms with Crippen molar-refractivity contribution in [3.8, 4) is 0 Å². The minimum Gasteiger partial charge on any atom is -0.285 e. The van der Waals surface area contributed by atoms with Gasteiger partial charge in [0.2, 0.25) is 5.78 Å². The van der Waals surface area contributed by atoms with Crippen molar-refractivity contribution in [2.75, 3.05) is 0 Å². The number of nitrogens with zero attached hydrogens (tertiary/aromatic N) is 3. The molecule has 0 aliphatic carbocycles. The SMILES string of the molecule is Cn1nccc1C(=O)c1ccccn1. The second-order valence-electron chi connectivity index (χ2n) is 2.88.